The SMILES string of the molecule is Cc1cc(-c2cc(Cl)ccc2C#CCBr)c2scc(C(=O)NS(C)(=O)=O)c2n1. The number of aryl methyl sites for hydroxylation is 1. The number of amides is 1. The second-order valence-corrected chi connectivity index (χ2v) is 9.59. The second kappa shape index (κ2) is 8.21. The lowest BCUT2D eigenvalue weighted by Crippen LogP contribution is -2.29. The first-order valence-electron chi connectivity index (χ1n) is 7.95. The van der Waals surface area contributed by atoms with E-state index >= 15 is 0 Å². The average molecular weight is 498 g/mol. The molecule has 0 bridgehead atoms. The lowest BCUT2D eigenvalue weighted by atomic mass is 9.99. The van der Waals surface area contributed by atoms with Crippen molar-refractivity contribution in [2.24, 2.45) is 0 Å². The number of pyridine rings is 1. The van der Waals surface area contributed by atoms with Crippen molar-refractivity contribution in [2.75, 3.05) is 11.6 Å². The monoisotopic (exact) mass is 496 g/mol. The summed E-state index contributed by atoms with van der Waals surface area (Å²) < 4.78 is 25.6. The maximum Gasteiger partial charge on any atom is 0.267 e. The van der Waals surface area contributed by atoms with Crippen LogP contribution >= 0.6 is 38.9 Å². The van der Waals surface area contributed by atoms with Crippen LogP contribution in [0.15, 0.2) is 29.6 Å². The summed E-state index contributed by atoms with van der Waals surface area (Å²) in [4.78, 5) is 16.8. The van der Waals surface area contributed by atoms with Gasteiger partial charge >= 0.3 is 0 Å². The normalized spacial score (nSPS) is 11.1. The van der Waals surface area contributed by atoms with Gasteiger partial charge < -0.3 is 0 Å². The Morgan fingerprint density at radius 2 is 2.07 bits per heavy atom. The highest BCUT2D eigenvalue weighted by Crippen LogP contribution is 2.37. The van der Waals surface area contributed by atoms with E-state index in [1.54, 1.807) is 11.4 Å². The number of nitrogens with one attached hydrogen (secondary N) is 1. The highest BCUT2D eigenvalue weighted by molar-refractivity contribution is 9.09. The minimum absolute atomic E-state index is 0.213. The summed E-state index contributed by atoms with van der Waals surface area (Å²) in [7, 11) is -3.68. The van der Waals surface area contributed by atoms with Gasteiger partial charge in [-0.2, -0.15) is 0 Å². The van der Waals surface area contributed by atoms with Crippen molar-refractivity contribution < 1.29 is 13.2 Å². The second-order valence-electron chi connectivity index (χ2n) is 5.97. The third-order valence-corrected chi connectivity index (χ3v) is 5.81. The Labute approximate surface area is 180 Å². The van der Waals surface area contributed by atoms with E-state index in [0.29, 0.717) is 21.6 Å². The van der Waals surface area contributed by atoms with Crippen LogP contribution in [0.2, 0.25) is 5.02 Å². The molecule has 1 amide bonds. The maximum absolute atomic E-state index is 12.4. The predicted octanol–water partition coefficient (Wildman–Crippen LogP) is 4.36. The number of hydrogen-bond donors (Lipinski definition) is 1. The number of aromatic nitrogens is 1. The largest absolute Gasteiger partial charge is 0.268 e. The van der Waals surface area contributed by atoms with Crippen LogP contribution in [0.3, 0.4) is 0 Å². The molecule has 0 spiro atoms. The molecule has 28 heavy (non-hydrogen) atoms. The molecule has 3 rings (SSSR count). The minimum Gasteiger partial charge on any atom is -0.268 e. The average Bonchev–Trinajstić information content (AvgIpc) is 3.02. The highest BCUT2D eigenvalue weighted by Gasteiger charge is 2.20. The zero-order chi connectivity index (χ0) is 20.5. The summed E-state index contributed by atoms with van der Waals surface area (Å²) in [6.45, 7) is 1.81. The number of carbonyl (C=O) groups is 1. The molecule has 0 fully saturated rings. The van der Waals surface area contributed by atoms with Crippen molar-refractivity contribution >= 4 is 65.0 Å². The van der Waals surface area contributed by atoms with Crippen molar-refractivity contribution in [3.05, 3.63) is 51.5 Å². The first-order chi connectivity index (χ1) is 13.2. The molecular formula is C19H14BrClN2O3S2. The number of benzene rings is 1. The van der Waals surface area contributed by atoms with Crippen molar-refractivity contribution in [1.29, 1.82) is 0 Å². The molecule has 9 heteroatoms. The number of hydrogen-bond acceptors (Lipinski definition) is 5. The van der Waals surface area contributed by atoms with E-state index in [4.69, 9.17) is 11.6 Å². The molecule has 3 aromatic rings. The van der Waals surface area contributed by atoms with Crippen molar-refractivity contribution in [3.8, 4) is 23.0 Å². The van der Waals surface area contributed by atoms with E-state index < -0.39 is 15.9 Å². The van der Waals surface area contributed by atoms with Crippen LogP contribution in [0, 0.1) is 18.8 Å². The lowest BCUT2D eigenvalue weighted by molar-refractivity contribution is 0.0983. The molecule has 1 aromatic carbocycles. The third kappa shape index (κ3) is 4.55. The van der Waals surface area contributed by atoms with Gasteiger partial charge in [0.2, 0.25) is 10.0 Å². The fourth-order valence-electron chi connectivity index (χ4n) is 2.70. The number of rotatable bonds is 3. The lowest BCUT2D eigenvalue weighted by Gasteiger charge is -2.09. The summed E-state index contributed by atoms with van der Waals surface area (Å²) in [5.74, 6) is 5.38. The first kappa shape index (κ1) is 20.8. The Morgan fingerprint density at radius 1 is 1.32 bits per heavy atom. The molecule has 2 aromatic heterocycles. The summed E-state index contributed by atoms with van der Waals surface area (Å²) >= 11 is 10.8. The number of thiophene rings is 1. The number of halogens is 2. The Bertz CT molecular complexity index is 1260. The van der Waals surface area contributed by atoms with Crippen LogP contribution < -0.4 is 4.72 Å². The van der Waals surface area contributed by atoms with Crippen molar-refractivity contribution in [2.45, 2.75) is 6.92 Å². The molecular weight excluding hydrogens is 484 g/mol. The van der Waals surface area contributed by atoms with Gasteiger partial charge in [0.25, 0.3) is 5.91 Å². The van der Waals surface area contributed by atoms with Crippen LogP contribution in [0.5, 0.6) is 0 Å². The van der Waals surface area contributed by atoms with Gasteiger partial charge in [-0.15, -0.1) is 11.3 Å². The van der Waals surface area contributed by atoms with Crippen molar-refractivity contribution in [3.63, 3.8) is 0 Å². The first-order valence-corrected chi connectivity index (χ1v) is 12.2. The molecule has 144 valence electrons. The molecule has 0 aliphatic heterocycles. The molecule has 2 heterocycles. The van der Waals surface area contributed by atoms with Crippen LogP contribution in [0.4, 0.5) is 0 Å². The molecule has 1 N–H and O–H groups in total. The van der Waals surface area contributed by atoms with Gasteiger partial charge in [0, 0.05) is 32.8 Å². The number of sulfonamides is 1. The van der Waals surface area contributed by atoms with Gasteiger partial charge in [0.05, 0.1) is 27.4 Å². The van der Waals surface area contributed by atoms with Gasteiger partial charge in [-0.1, -0.05) is 39.4 Å². The van der Waals surface area contributed by atoms with Gasteiger partial charge in [-0.3, -0.25) is 9.78 Å². The predicted molar refractivity (Wildman–Crippen MR) is 118 cm³/mol. The molecule has 0 atom stereocenters. The molecule has 0 aliphatic carbocycles. The fraction of sp³-hybridized carbons (Fsp3) is 0.158. The maximum atomic E-state index is 12.4. The van der Waals surface area contributed by atoms with E-state index in [-0.39, 0.29) is 5.56 Å². The quantitative estimate of drug-likeness (QED) is 0.431. The summed E-state index contributed by atoms with van der Waals surface area (Å²) in [6, 6.07) is 7.35. The summed E-state index contributed by atoms with van der Waals surface area (Å²) in [5, 5.41) is 2.71. The number of nitrogens with zero attached hydrogens (tertiary/aromatic N) is 1. The van der Waals surface area contributed by atoms with E-state index in [9.17, 15) is 13.2 Å². The van der Waals surface area contributed by atoms with Gasteiger partial charge in [-0.05, 0) is 31.2 Å². The van der Waals surface area contributed by atoms with E-state index in [1.165, 1.54) is 11.3 Å². The van der Waals surface area contributed by atoms with Gasteiger partial charge in [0.1, 0.15) is 0 Å². The highest BCUT2D eigenvalue weighted by atomic mass is 79.9. The van der Waals surface area contributed by atoms with Crippen LogP contribution in [0.25, 0.3) is 21.3 Å². The molecule has 0 radical (unpaired) electrons. The Morgan fingerprint density at radius 3 is 2.75 bits per heavy atom. The Hall–Kier alpha value is -1.92. The number of fused-ring (bicyclic) bond motifs is 1. The Balaban J connectivity index is 2.25. The fourth-order valence-corrected chi connectivity index (χ4v) is 4.47. The zero-order valence-corrected chi connectivity index (χ0v) is 18.8. The summed E-state index contributed by atoms with van der Waals surface area (Å²) in [6.07, 6.45) is 0.935. The van der Waals surface area contributed by atoms with Gasteiger partial charge in [0.15, 0.2) is 0 Å². The smallest absolute Gasteiger partial charge is 0.267 e. The molecule has 0 unspecified atom stereocenters. The molecule has 5 nitrogen and oxygen atoms in total. The minimum atomic E-state index is -3.68. The van der Waals surface area contributed by atoms with Crippen LogP contribution in [-0.2, 0) is 10.0 Å². The van der Waals surface area contributed by atoms with E-state index in [2.05, 4.69) is 32.8 Å². The van der Waals surface area contributed by atoms with Crippen LogP contribution in [-0.4, -0.2) is 30.9 Å². The van der Waals surface area contributed by atoms with E-state index in [0.717, 1.165) is 27.6 Å². The topological polar surface area (TPSA) is 76.1 Å². The molecule has 0 saturated carbocycles. The standard InChI is InChI=1S/C19H14BrClN2O3S2/c1-11-8-15(14-9-13(21)6-5-12(14)4-3-7-20)18-17(22-11)16(10-27-18)19(24)23-28(2,25)26/h5-6,8-10H,7H2,1-2H3,(H,23,24). The number of carbonyl (C=O) groups excluding carboxylic acids is 1. The van der Waals surface area contributed by atoms with Crippen LogP contribution in [0.1, 0.15) is 21.6 Å². The summed E-state index contributed by atoms with van der Waals surface area (Å²) in [5.41, 5.74) is 3.81. The Kier molecular flexibility index (Phi) is 6.10. The van der Waals surface area contributed by atoms with Crippen molar-refractivity contribution in [1.82, 2.24) is 9.71 Å². The third-order valence-electron chi connectivity index (χ3n) is 3.74. The molecule has 0 saturated heterocycles. The number of alkyl halides is 1. The molecule has 0 aliphatic rings. The zero-order valence-electron chi connectivity index (χ0n) is 14.8. The van der Waals surface area contributed by atoms with E-state index in [1.807, 2.05) is 29.8 Å². The van der Waals surface area contributed by atoms with Gasteiger partial charge in [-0.25, -0.2) is 13.1 Å².